The molecule has 1 amide bonds. The van der Waals surface area contributed by atoms with Crippen molar-refractivity contribution in [3.05, 3.63) is 71.0 Å². The largest absolute Gasteiger partial charge is 0.351 e. The highest BCUT2D eigenvalue weighted by atomic mass is 16.1. The minimum Gasteiger partial charge on any atom is -0.351 e. The second-order valence-corrected chi connectivity index (χ2v) is 6.12. The Kier molecular flexibility index (Phi) is 4.56. The van der Waals surface area contributed by atoms with E-state index in [0.29, 0.717) is 12.1 Å². The third kappa shape index (κ3) is 3.43. The lowest BCUT2D eigenvalue weighted by Gasteiger charge is -2.13. The fraction of sp³-hybridized carbons (Fsp3) is 0.250. The quantitative estimate of drug-likeness (QED) is 0.796. The van der Waals surface area contributed by atoms with Crippen LogP contribution in [0, 0.1) is 13.8 Å². The predicted molar refractivity (Wildman–Crippen MR) is 96.2 cm³/mol. The van der Waals surface area contributed by atoms with Gasteiger partial charge in [-0.3, -0.25) is 4.79 Å². The van der Waals surface area contributed by atoms with Crippen LogP contribution in [0.25, 0.3) is 11.0 Å². The summed E-state index contributed by atoms with van der Waals surface area (Å²) in [6, 6.07) is 15.6. The molecule has 4 nitrogen and oxygen atoms in total. The SMILES string of the molecule is Cc1nc2ccc(C(=O)NC[C@H](C)c3ccccc3)cc2nc1C. The van der Waals surface area contributed by atoms with Gasteiger partial charge in [-0.1, -0.05) is 37.3 Å². The average molecular weight is 319 g/mol. The first kappa shape index (κ1) is 16.1. The second kappa shape index (κ2) is 6.79. The van der Waals surface area contributed by atoms with Gasteiger partial charge in [-0.15, -0.1) is 0 Å². The summed E-state index contributed by atoms with van der Waals surface area (Å²) in [5.74, 6) is 0.181. The van der Waals surface area contributed by atoms with E-state index in [4.69, 9.17) is 0 Å². The molecule has 4 heteroatoms. The fourth-order valence-corrected chi connectivity index (χ4v) is 2.62. The molecule has 0 saturated heterocycles. The van der Waals surface area contributed by atoms with E-state index in [2.05, 4.69) is 34.3 Å². The van der Waals surface area contributed by atoms with Crippen LogP contribution in [0.3, 0.4) is 0 Å². The van der Waals surface area contributed by atoms with Crippen LogP contribution >= 0.6 is 0 Å². The molecule has 0 aliphatic rings. The number of hydrogen-bond acceptors (Lipinski definition) is 3. The highest BCUT2D eigenvalue weighted by Gasteiger charge is 2.11. The van der Waals surface area contributed by atoms with Crippen molar-refractivity contribution in [2.45, 2.75) is 26.7 Å². The molecule has 1 N–H and O–H groups in total. The van der Waals surface area contributed by atoms with Crippen LogP contribution in [-0.2, 0) is 0 Å². The summed E-state index contributed by atoms with van der Waals surface area (Å²) in [4.78, 5) is 21.4. The maximum absolute atomic E-state index is 12.4. The van der Waals surface area contributed by atoms with E-state index >= 15 is 0 Å². The Balaban J connectivity index is 1.73. The first-order valence-corrected chi connectivity index (χ1v) is 8.13. The van der Waals surface area contributed by atoms with Gasteiger partial charge in [-0.25, -0.2) is 9.97 Å². The van der Waals surface area contributed by atoms with Gasteiger partial charge >= 0.3 is 0 Å². The van der Waals surface area contributed by atoms with Gasteiger partial charge in [0.25, 0.3) is 5.91 Å². The molecule has 3 aromatic rings. The summed E-state index contributed by atoms with van der Waals surface area (Å²) in [7, 11) is 0. The zero-order chi connectivity index (χ0) is 17.1. The monoisotopic (exact) mass is 319 g/mol. The third-order valence-corrected chi connectivity index (χ3v) is 4.27. The van der Waals surface area contributed by atoms with Gasteiger partial charge in [0, 0.05) is 12.1 Å². The molecule has 0 aliphatic heterocycles. The second-order valence-electron chi connectivity index (χ2n) is 6.12. The summed E-state index contributed by atoms with van der Waals surface area (Å²) in [6.45, 7) is 6.57. The number of fused-ring (bicyclic) bond motifs is 1. The number of nitrogens with one attached hydrogen (secondary N) is 1. The fourth-order valence-electron chi connectivity index (χ4n) is 2.62. The number of nitrogens with zero attached hydrogens (tertiary/aromatic N) is 2. The van der Waals surface area contributed by atoms with Crippen LogP contribution in [0.15, 0.2) is 48.5 Å². The lowest BCUT2D eigenvalue weighted by atomic mass is 10.0. The topological polar surface area (TPSA) is 54.9 Å². The van der Waals surface area contributed by atoms with Gasteiger partial charge in [0.05, 0.1) is 22.4 Å². The molecule has 0 radical (unpaired) electrons. The van der Waals surface area contributed by atoms with Crippen molar-refractivity contribution in [3.63, 3.8) is 0 Å². The summed E-state index contributed by atoms with van der Waals surface area (Å²) in [5, 5.41) is 3.00. The first-order chi connectivity index (χ1) is 11.5. The highest BCUT2D eigenvalue weighted by molar-refractivity contribution is 5.97. The molecule has 2 aromatic carbocycles. The van der Waals surface area contributed by atoms with E-state index in [0.717, 1.165) is 22.4 Å². The summed E-state index contributed by atoms with van der Waals surface area (Å²) >= 11 is 0. The number of benzene rings is 2. The van der Waals surface area contributed by atoms with Crippen LogP contribution in [0.1, 0.15) is 40.2 Å². The molecule has 0 fully saturated rings. The van der Waals surface area contributed by atoms with E-state index in [9.17, 15) is 4.79 Å². The van der Waals surface area contributed by atoms with E-state index < -0.39 is 0 Å². The van der Waals surface area contributed by atoms with Gasteiger partial charge in [-0.2, -0.15) is 0 Å². The number of amides is 1. The van der Waals surface area contributed by atoms with Gasteiger partial charge in [0.1, 0.15) is 0 Å². The lowest BCUT2D eigenvalue weighted by molar-refractivity contribution is 0.0952. The van der Waals surface area contributed by atoms with Gasteiger partial charge in [-0.05, 0) is 43.5 Å². The van der Waals surface area contributed by atoms with Crippen LogP contribution in [0.2, 0.25) is 0 Å². The molecule has 122 valence electrons. The predicted octanol–water partition coefficient (Wildman–Crippen LogP) is 3.78. The number of rotatable bonds is 4. The molecular weight excluding hydrogens is 298 g/mol. The van der Waals surface area contributed by atoms with Crippen molar-refractivity contribution in [2.75, 3.05) is 6.54 Å². The Morgan fingerprint density at radius 1 is 1.00 bits per heavy atom. The van der Waals surface area contributed by atoms with Crippen molar-refractivity contribution in [3.8, 4) is 0 Å². The van der Waals surface area contributed by atoms with Gasteiger partial charge in [0.2, 0.25) is 0 Å². The summed E-state index contributed by atoms with van der Waals surface area (Å²) in [6.07, 6.45) is 0. The molecule has 1 aromatic heterocycles. The molecule has 0 aliphatic carbocycles. The third-order valence-electron chi connectivity index (χ3n) is 4.27. The Labute approximate surface area is 142 Å². The van der Waals surface area contributed by atoms with Crippen LogP contribution in [0.5, 0.6) is 0 Å². The lowest BCUT2D eigenvalue weighted by Crippen LogP contribution is -2.27. The van der Waals surface area contributed by atoms with E-state index in [-0.39, 0.29) is 11.8 Å². The molecule has 0 unspecified atom stereocenters. The zero-order valence-corrected chi connectivity index (χ0v) is 14.2. The molecule has 0 saturated carbocycles. The molecule has 3 rings (SSSR count). The number of hydrogen-bond donors (Lipinski definition) is 1. The van der Waals surface area contributed by atoms with Crippen LogP contribution < -0.4 is 5.32 Å². The maximum Gasteiger partial charge on any atom is 0.251 e. The van der Waals surface area contributed by atoms with E-state index in [1.165, 1.54) is 5.56 Å². The molecule has 1 heterocycles. The molecule has 24 heavy (non-hydrogen) atoms. The van der Waals surface area contributed by atoms with Crippen molar-refractivity contribution in [1.82, 2.24) is 15.3 Å². The maximum atomic E-state index is 12.4. The summed E-state index contributed by atoms with van der Waals surface area (Å²) in [5.41, 5.74) is 5.19. The molecule has 1 atom stereocenters. The molecular formula is C20H21N3O. The Hall–Kier alpha value is -2.75. The van der Waals surface area contributed by atoms with E-state index in [1.54, 1.807) is 12.1 Å². The van der Waals surface area contributed by atoms with Crippen molar-refractivity contribution in [1.29, 1.82) is 0 Å². The smallest absolute Gasteiger partial charge is 0.251 e. The van der Waals surface area contributed by atoms with Gasteiger partial charge in [0.15, 0.2) is 0 Å². The standard InChI is InChI=1S/C20H21N3O/c1-13(16-7-5-4-6-8-16)12-21-20(24)17-9-10-18-19(11-17)23-15(3)14(2)22-18/h4-11,13H,12H2,1-3H3,(H,21,24)/t13-/m0/s1. The normalized spacial score (nSPS) is 12.1. The number of carbonyl (C=O) groups excluding carboxylic acids is 1. The Morgan fingerprint density at radius 3 is 2.38 bits per heavy atom. The Bertz CT molecular complexity index is 875. The molecule has 0 bridgehead atoms. The van der Waals surface area contributed by atoms with Crippen LogP contribution in [-0.4, -0.2) is 22.4 Å². The highest BCUT2D eigenvalue weighted by Crippen LogP contribution is 2.16. The van der Waals surface area contributed by atoms with Crippen LogP contribution in [0.4, 0.5) is 0 Å². The minimum atomic E-state index is -0.0836. The first-order valence-electron chi connectivity index (χ1n) is 8.13. The van der Waals surface area contributed by atoms with Crippen molar-refractivity contribution in [2.24, 2.45) is 0 Å². The van der Waals surface area contributed by atoms with Crippen molar-refractivity contribution >= 4 is 16.9 Å². The number of aromatic nitrogens is 2. The minimum absolute atomic E-state index is 0.0836. The molecule has 0 spiro atoms. The van der Waals surface area contributed by atoms with Crippen molar-refractivity contribution < 1.29 is 4.79 Å². The van der Waals surface area contributed by atoms with Gasteiger partial charge < -0.3 is 5.32 Å². The van der Waals surface area contributed by atoms with E-state index in [1.807, 2.05) is 38.1 Å². The number of carbonyl (C=O) groups is 1. The Morgan fingerprint density at radius 2 is 1.67 bits per heavy atom. The average Bonchev–Trinajstić information content (AvgIpc) is 2.60. The summed E-state index contributed by atoms with van der Waals surface area (Å²) < 4.78 is 0. The number of aryl methyl sites for hydroxylation is 2. The zero-order valence-electron chi connectivity index (χ0n) is 14.2.